The summed E-state index contributed by atoms with van der Waals surface area (Å²) in [6.45, 7) is 16.0. The highest BCUT2D eigenvalue weighted by molar-refractivity contribution is 8.07. The van der Waals surface area contributed by atoms with Gasteiger partial charge in [-0.3, -0.25) is 29.0 Å². The molecule has 0 aromatic carbocycles. The van der Waals surface area contributed by atoms with E-state index in [1.165, 1.54) is 23.4 Å². The summed E-state index contributed by atoms with van der Waals surface area (Å²) in [5.74, 6) is -1.08. The summed E-state index contributed by atoms with van der Waals surface area (Å²) in [6, 6.07) is 3.67. The highest BCUT2D eigenvalue weighted by Crippen LogP contribution is 2.57. The first-order valence-corrected chi connectivity index (χ1v) is 29.5. The Bertz CT molecular complexity index is 2270. The van der Waals surface area contributed by atoms with E-state index in [9.17, 15) is 24.3 Å². The monoisotopic (exact) mass is 999 g/mol. The van der Waals surface area contributed by atoms with Gasteiger partial charge in [0, 0.05) is 35.1 Å². The van der Waals surface area contributed by atoms with Crippen LogP contribution < -0.4 is 15.6 Å². The zero-order chi connectivity index (χ0) is 47.4. The lowest BCUT2D eigenvalue weighted by molar-refractivity contribution is -0.118. The normalized spacial score (nSPS) is 26.6. The molecule has 26 heteroatoms. The number of anilines is 1. The van der Waals surface area contributed by atoms with Gasteiger partial charge in [0.15, 0.2) is 17.4 Å². The lowest BCUT2D eigenvalue weighted by Crippen LogP contribution is -2.65. The van der Waals surface area contributed by atoms with Crippen LogP contribution in [0.15, 0.2) is 29.7 Å². The third kappa shape index (κ3) is 11.5. The molecule has 21 nitrogen and oxygen atoms in total. The molecular weight excluding hydrogens is 939 g/mol. The van der Waals surface area contributed by atoms with Crippen LogP contribution in [0.2, 0.25) is 22.2 Å². The molecule has 358 valence electrons. The Labute approximate surface area is 386 Å². The number of carbonyl (C=O) groups excluding carboxylic acids is 1. The van der Waals surface area contributed by atoms with Gasteiger partial charge in [0.25, 0.3) is 5.56 Å². The molecule has 3 aliphatic rings. The van der Waals surface area contributed by atoms with Crippen LogP contribution in [0.4, 0.5) is 5.95 Å². The molecule has 9 atom stereocenters. The number of ether oxygens (including phenoxy) is 2. The number of nitrogens with one attached hydrogen (secondary N) is 2. The Morgan fingerprint density at radius 1 is 1.09 bits per heavy atom. The standard InChI is InChI=1S/C39H60N8O13P2SSi2/c1-22(2)36(48)45-39-44-35-32(37(49)46-39)43-21-47(35)38-34(33-30(56-38)19-54-64(23(3)4,24(5)6)60-65(59-33,25(7)8)26(9)10)58-62(63,52-15-11-13-40)53-18-27-16-28(17-29(27)57-61(50)51)55-31-12-14-41-20-42-31/h12,14,20-30,33-34,38H,11,15-19H2,1-10H3,(H2-,44,45,46,48,49,50,51)/p+1/t27-,28-,29+,30-,33-,34-,38-,62?/m1/s1. The van der Waals surface area contributed by atoms with Gasteiger partial charge in [-0.05, 0) is 40.4 Å². The number of fused-ring (bicyclic) bond motifs is 2. The number of aromatic nitrogens is 6. The molecule has 5 heterocycles. The van der Waals surface area contributed by atoms with Crippen LogP contribution in [0.1, 0.15) is 94.7 Å². The lowest BCUT2D eigenvalue weighted by atomic mass is 10.1. The van der Waals surface area contributed by atoms with Crippen molar-refractivity contribution in [3.05, 3.63) is 35.3 Å². The number of carbonyl (C=O) groups is 1. The molecule has 3 aromatic rings. The number of nitrogens with zero attached hydrogens (tertiary/aromatic N) is 6. The van der Waals surface area contributed by atoms with Gasteiger partial charge in [-0.15, -0.1) is 9.42 Å². The second kappa shape index (κ2) is 21.5. The quantitative estimate of drug-likeness (QED) is 0.0633. The topological polar surface area (TPSA) is 263 Å². The highest BCUT2D eigenvalue weighted by Gasteiger charge is 2.63. The first-order valence-electron chi connectivity index (χ1n) is 21.9. The minimum atomic E-state index is -3.95. The summed E-state index contributed by atoms with van der Waals surface area (Å²) in [6.07, 6.45) is -0.494. The second-order valence-corrected chi connectivity index (χ2v) is 30.5. The molecule has 2 aliphatic heterocycles. The molecule has 2 unspecified atom stereocenters. The van der Waals surface area contributed by atoms with Crippen LogP contribution in [0.5, 0.6) is 5.88 Å². The molecule has 1 aliphatic carbocycles. The maximum atomic E-state index is 13.5. The van der Waals surface area contributed by atoms with E-state index in [2.05, 4.69) is 91.7 Å². The first-order chi connectivity index (χ1) is 30.7. The largest absolute Gasteiger partial charge is 0.695 e. The molecule has 2 saturated heterocycles. The Balaban J connectivity index is 1.44. The second-order valence-electron chi connectivity index (χ2n) is 18.0. The summed E-state index contributed by atoms with van der Waals surface area (Å²) in [4.78, 5) is 55.7. The molecular formula is C39H61N8O13P2SSi2+. The van der Waals surface area contributed by atoms with Crippen LogP contribution >= 0.6 is 15.0 Å². The third-order valence-corrected chi connectivity index (χ3v) is 25.0. The van der Waals surface area contributed by atoms with Crippen molar-refractivity contribution in [3.8, 4) is 11.9 Å². The number of hydrogen-bond donors (Lipinski definition) is 3. The van der Waals surface area contributed by atoms with Crippen LogP contribution in [0.3, 0.4) is 0 Å². The minimum absolute atomic E-state index is 0.0342. The van der Waals surface area contributed by atoms with E-state index < -0.39 is 86.2 Å². The van der Waals surface area contributed by atoms with Crippen molar-refractivity contribution in [2.45, 2.75) is 147 Å². The van der Waals surface area contributed by atoms with Crippen molar-refractivity contribution in [3.63, 3.8) is 0 Å². The van der Waals surface area contributed by atoms with Crippen molar-refractivity contribution >= 4 is 66.9 Å². The van der Waals surface area contributed by atoms with Crippen molar-refractivity contribution in [1.29, 1.82) is 5.26 Å². The van der Waals surface area contributed by atoms with Gasteiger partial charge in [0.05, 0.1) is 38.6 Å². The first kappa shape index (κ1) is 51.4. The fourth-order valence-corrected chi connectivity index (χ4v) is 22.4. The van der Waals surface area contributed by atoms with Crippen LogP contribution in [0.25, 0.3) is 11.2 Å². The average molecular weight is 1000 g/mol. The molecule has 1 amide bonds. The van der Waals surface area contributed by atoms with E-state index in [0.29, 0.717) is 12.3 Å². The highest BCUT2D eigenvalue weighted by atomic mass is 32.5. The average Bonchev–Trinajstić information content (AvgIpc) is 3.91. The Morgan fingerprint density at radius 2 is 1.80 bits per heavy atom. The lowest BCUT2D eigenvalue weighted by Gasteiger charge is -2.51. The number of H-pyrrole nitrogens is 1. The predicted octanol–water partition coefficient (Wildman–Crippen LogP) is 6.81. The predicted molar refractivity (Wildman–Crippen MR) is 244 cm³/mol. The fourth-order valence-electron chi connectivity index (χ4n) is 8.60. The van der Waals surface area contributed by atoms with E-state index in [-0.39, 0.29) is 77.8 Å². The van der Waals surface area contributed by atoms with E-state index in [1.807, 2.05) is 0 Å². The molecule has 1 saturated carbocycles. The maximum Gasteiger partial charge on any atom is 0.695 e. The maximum absolute atomic E-state index is 13.5. The molecule has 6 rings (SSSR count). The minimum Gasteiger partial charge on any atom is -0.474 e. The zero-order valence-corrected chi connectivity index (χ0v) is 42.9. The van der Waals surface area contributed by atoms with E-state index in [1.54, 1.807) is 19.9 Å². The number of rotatable bonds is 19. The van der Waals surface area contributed by atoms with Gasteiger partial charge in [-0.25, -0.2) is 15.0 Å². The number of nitriles is 1. The summed E-state index contributed by atoms with van der Waals surface area (Å²) in [5, 5.41) is 12.2. The molecule has 3 fully saturated rings. The Hall–Kier alpha value is -2.99. The Kier molecular flexibility index (Phi) is 17.0. The van der Waals surface area contributed by atoms with Crippen LogP contribution in [-0.2, 0) is 57.0 Å². The number of amides is 1. The van der Waals surface area contributed by atoms with Crippen molar-refractivity contribution in [2.24, 2.45) is 11.8 Å². The summed E-state index contributed by atoms with van der Waals surface area (Å²) in [5.41, 5.74) is -0.668. The van der Waals surface area contributed by atoms with Gasteiger partial charge in [-0.1, -0.05) is 69.2 Å². The van der Waals surface area contributed by atoms with E-state index in [0.717, 1.165) is 0 Å². The van der Waals surface area contributed by atoms with Gasteiger partial charge in [0.2, 0.25) is 17.7 Å². The summed E-state index contributed by atoms with van der Waals surface area (Å²) in [7, 11) is -9.38. The number of hydrogen-bond acceptors (Lipinski definition) is 18. The van der Waals surface area contributed by atoms with Gasteiger partial charge < -0.3 is 31.5 Å². The van der Waals surface area contributed by atoms with E-state index in [4.69, 9.17) is 52.3 Å². The molecule has 3 N–H and O–H groups in total. The van der Waals surface area contributed by atoms with Crippen molar-refractivity contribution < 1.29 is 54.8 Å². The zero-order valence-electron chi connectivity index (χ0n) is 38.3. The van der Waals surface area contributed by atoms with Crippen LogP contribution in [-0.4, -0.2) is 108 Å². The van der Waals surface area contributed by atoms with Gasteiger partial charge in [0.1, 0.15) is 36.8 Å². The molecule has 0 bridgehead atoms. The Morgan fingerprint density at radius 3 is 2.42 bits per heavy atom. The summed E-state index contributed by atoms with van der Waals surface area (Å²) < 4.78 is 73.7. The molecule has 3 aromatic heterocycles. The SMILES string of the molecule is CC(C)C(=O)Nc1nc2c(ncn2[C@@H]2O[C@@H]3CO[Si](C(C)C)(C(C)C)O[Si](C(C)C)(C(C)C)O[C@H]3[C@H]2OP(=S)(OCCC#N)OC[C@H]2C[C@@H](Oc3ccncn3)C[C@@H]2O[P+](=O)O)c(=O)[nH]1. The van der Waals surface area contributed by atoms with Gasteiger partial charge >= 0.3 is 32.1 Å². The third-order valence-electron chi connectivity index (χ3n) is 11.9. The smallest absolute Gasteiger partial charge is 0.474 e. The van der Waals surface area contributed by atoms with Crippen molar-refractivity contribution in [2.75, 3.05) is 25.1 Å². The number of aromatic amines is 1. The fraction of sp³-hybridized carbons (Fsp3) is 0.718. The molecule has 65 heavy (non-hydrogen) atoms. The van der Waals surface area contributed by atoms with E-state index >= 15 is 0 Å². The molecule has 0 radical (unpaired) electrons. The number of imidazole rings is 1. The molecule has 0 spiro atoms. The van der Waals surface area contributed by atoms with Gasteiger partial charge in [-0.2, -0.15) is 10.2 Å². The van der Waals surface area contributed by atoms with Crippen LogP contribution in [0, 0.1) is 23.2 Å². The summed E-state index contributed by atoms with van der Waals surface area (Å²) >= 11 is 6.20. The van der Waals surface area contributed by atoms with Crippen molar-refractivity contribution in [1.82, 2.24) is 29.5 Å².